The lowest BCUT2D eigenvalue weighted by molar-refractivity contribution is -0.132. The zero-order valence-corrected chi connectivity index (χ0v) is 9.95. The van der Waals surface area contributed by atoms with Crippen LogP contribution in [0.1, 0.15) is 26.2 Å². The van der Waals surface area contributed by atoms with Crippen molar-refractivity contribution < 1.29 is 9.53 Å². The molecule has 0 bridgehead atoms. The molecule has 0 aromatic heterocycles. The predicted octanol–water partition coefficient (Wildman–Crippen LogP) is 0.622. The molecular formula is C11H22N2O2. The molecule has 0 aromatic rings. The van der Waals surface area contributed by atoms with Crippen molar-refractivity contribution in [3.05, 3.63) is 0 Å². The normalized spacial score (nSPS) is 17.5. The largest absolute Gasteiger partial charge is 0.383 e. The van der Waals surface area contributed by atoms with Crippen LogP contribution in [0.25, 0.3) is 0 Å². The number of carbonyl (C=O) groups is 1. The summed E-state index contributed by atoms with van der Waals surface area (Å²) < 4.78 is 5.02. The molecule has 88 valence electrons. The van der Waals surface area contributed by atoms with Gasteiger partial charge in [0.2, 0.25) is 5.91 Å². The Balaban J connectivity index is 2.12. The van der Waals surface area contributed by atoms with Crippen LogP contribution in [-0.2, 0) is 9.53 Å². The standard InChI is InChI=1S/C11H22N2O2/c1-9(8-15-3)13(2)11(14)6-7-12-10-4-5-10/h9-10,12H,4-8H2,1-3H3. The summed E-state index contributed by atoms with van der Waals surface area (Å²) in [4.78, 5) is 13.5. The van der Waals surface area contributed by atoms with Crippen molar-refractivity contribution in [2.45, 2.75) is 38.3 Å². The number of nitrogens with zero attached hydrogens (tertiary/aromatic N) is 1. The highest BCUT2D eigenvalue weighted by Gasteiger charge is 2.21. The van der Waals surface area contributed by atoms with Crippen molar-refractivity contribution in [1.82, 2.24) is 10.2 Å². The molecule has 15 heavy (non-hydrogen) atoms. The Hall–Kier alpha value is -0.610. The molecule has 1 saturated carbocycles. The van der Waals surface area contributed by atoms with Crippen LogP contribution in [0.15, 0.2) is 0 Å². The molecule has 1 rings (SSSR count). The maximum absolute atomic E-state index is 11.7. The predicted molar refractivity (Wildman–Crippen MR) is 59.7 cm³/mol. The Morgan fingerprint density at radius 3 is 2.80 bits per heavy atom. The van der Waals surface area contributed by atoms with Gasteiger partial charge in [0.05, 0.1) is 12.6 Å². The lowest BCUT2D eigenvalue weighted by Gasteiger charge is -2.24. The van der Waals surface area contributed by atoms with Crippen LogP contribution in [0, 0.1) is 0 Å². The Bertz CT molecular complexity index is 205. The third-order valence-electron chi connectivity index (χ3n) is 2.81. The molecule has 1 atom stereocenters. The van der Waals surface area contributed by atoms with Crippen LogP contribution >= 0.6 is 0 Å². The van der Waals surface area contributed by atoms with Crippen LogP contribution in [0.2, 0.25) is 0 Å². The lowest BCUT2D eigenvalue weighted by Crippen LogP contribution is -2.39. The fraction of sp³-hybridized carbons (Fsp3) is 0.909. The van der Waals surface area contributed by atoms with E-state index in [0.29, 0.717) is 19.1 Å². The van der Waals surface area contributed by atoms with Crippen LogP contribution in [0.3, 0.4) is 0 Å². The minimum absolute atomic E-state index is 0.156. The first kappa shape index (κ1) is 12.5. The fourth-order valence-electron chi connectivity index (χ4n) is 1.45. The molecule has 0 radical (unpaired) electrons. The van der Waals surface area contributed by atoms with Gasteiger partial charge in [-0.3, -0.25) is 4.79 Å². The Labute approximate surface area is 92.0 Å². The summed E-state index contributed by atoms with van der Waals surface area (Å²) in [5.74, 6) is 0.188. The number of amides is 1. The van der Waals surface area contributed by atoms with Gasteiger partial charge in [0.15, 0.2) is 0 Å². The van der Waals surface area contributed by atoms with Crippen LogP contribution in [-0.4, -0.2) is 50.2 Å². The SMILES string of the molecule is COCC(C)N(C)C(=O)CCNC1CC1. The van der Waals surface area contributed by atoms with Crippen molar-refractivity contribution in [1.29, 1.82) is 0 Å². The summed E-state index contributed by atoms with van der Waals surface area (Å²) in [6.07, 6.45) is 3.12. The summed E-state index contributed by atoms with van der Waals surface area (Å²) in [6.45, 7) is 3.39. The smallest absolute Gasteiger partial charge is 0.223 e. The van der Waals surface area contributed by atoms with E-state index in [-0.39, 0.29) is 11.9 Å². The first-order valence-electron chi connectivity index (χ1n) is 5.63. The highest BCUT2D eigenvalue weighted by Crippen LogP contribution is 2.18. The monoisotopic (exact) mass is 214 g/mol. The second-order valence-corrected chi connectivity index (χ2v) is 4.29. The first-order chi connectivity index (χ1) is 7.15. The van der Waals surface area contributed by atoms with E-state index in [4.69, 9.17) is 4.74 Å². The molecule has 1 N–H and O–H groups in total. The zero-order valence-electron chi connectivity index (χ0n) is 9.95. The van der Waals surface area contributed by atoms with Gasteiger partial charge in [0, 0.05) is 33.2 Å². The topological polar surface area (TPSA) is 41.6 Å². The van der Waals surface area contributed by atoms with E-state index in [9.17, 15) is 4.79 Å². The quantitative estimate of drug-likeness (QED) is 0.675. The molecule has 1 amide bonds. The molecule has 1 aliphatic carbocycles. The van der Waals surface area contributed by atoms with Crippen molar-refractivity contribution in [2.75, 3.05) is 27.3 Å². The Morgan fingerprint density at radius 2 is 2.27 bits per heavy atom. The highest BCUT2D eigenvalue weighted by atomic mass is 16.5. The van der Waals surface area contributed by atoms with Gasteiger partial charge in [0.25, 0.3) is 0 Å². The second kappa shape index (κ2) is 6.08. The molecule has 0 aromatic carbocycles. The van der Waals surface area contributed by atoms with Gasteiger partial charge in [-0.2, -0.15) is 0 Å². The maximum Gasteiger partial charge on any atom is 0.223 e. The van der Waals surface area contributed by atoms with Gasteiger partial charge in [-0.1, -0.05) is 0 Å². The third-order valence-corrected chi connectivity index (χ3v) is 2.81. The number of likely N-dealkylation sites (N-methyl/N-ethyl adjacent to an activating group) is 1. The molecule has 0 spiro atoms. The van der Waals surface area contributed by atoms with E-state index >= 15 is 0 Å². The molecule has 0 saturated heterocycles. The number of rotatable bonds is 7. The van der Waals surface area contributed by atoms with Gasteiger partial charge in [-0.25, -0.2) is 0 Å². The van der Waals surface area contributed by atoms with Gasteiger partial charge >= 0.3 is 0 Å². The number of hydrogen-bond acceptors (Lipinski definition) is 3. The van der Waals surface area contributed by atoms with E-state index in [1.54, 1.807) is 12.0 Å². The average Bonchev–Trinajstić information content (AvgIpc) is 3.00. The Kier molecular flexibility index (Phi) is 5.05. The number of hydrogen-bond donors (Lipinski definition) is 1. The summed E-state index contributed by atoms with van der Waals surface area (Å²) >= 11 is 0. The van der Waals surface area contributed by atoms with Crippen molar-refractivity contribution in [3.8, 4) is 0 Å². The van der Waals surface area contributed by atoms with E-state index in [1.165, 1.54) is 12.8 Å². The first-order valence-corrected chi connectivity index (χ1v) is 5.63. The molecule has 1 aliphatic rings. The van der Waals surface area contributed by atoms with Crippen LogP contribution in [0.5, 0.6) is 0 Å². The molecule has 0 aliphatic heterocycles. The molecule has 4 heteroatoms. The van der Waals surface area contributed by atoms with E-state index < -0.39 is 0 Å². The summed E-state index contributed by atoms with van der Waals surface area (Å²) in [6, 6.07) is 0.836. The van der Waals surface area contributed by atoms with Crippen molar-refractivity contribution in [2.24, 2.45) is 0 Å². The van der Waals surface area contributed by atoms with E-state index in [1.807, 2.05) is 14.0 Å². The van der Waals surface area contributed by atoms with Crippen LogP contribution in [0.4, 0.5) is 0 Å². The summed E-state index contributed by atoms with van der Waals surface area (Å²) in [5.41, 5.74) is 0. The Morgan fingerprint density at radius 1 is 1.60 bits per heavy atom. The van der Waals surface area contributed by atoms with E-state index in [0.717, 1.165) is 6.54 Å². The molecular weight excluding hydrogens is 192 g/mol. The second-order valence-electron chi connectivity index (χ2n) is 4.29. The van der Waals surface area contributed by atoms with E-state index in [2.05, 4.69) is 5.32 Å². The van der Waals surface area contributed by atoms with Gasteiger partial charge < -0.3 is 15.0 Å². The maximum atomic E-state index is 11.7. The highest BCUT2D eigenvalue weighted by molar-refractivity contribution is 5.76. The van der Waals surface area contributed by atoms with Crippen molar-refractivity contribution >= 4 is 5.91 Å². The number of methoxy groups -OCH3 is 1. The average molecular weight is 214 g/mol. The van der Waals surface area contributed by atoms with Gasteiger partial charge in [-0.05, 0) is 19.8 Å². The molecule has 4 nitrogen and oxygen atoms in total. The molecule has 0 heterocycles. The third kappa shape index (κ3) is 4.62. The number of carbonyl (C=O) groups excluding carboxylic acids is 1. The van der Waals surface area contributed by atoms with Crippen molar-refractivity contribution in [3.63, 3.8) is 0 Å². The fourth-order valence-corrected chi connectivity index (χ4v) is 1.45. The van der Waals surface area contributed by atoms with Gasteiger partial charge in [-0.15, -0.1) is 0 Å². The summed E-state index contributed by atoms with van der Waals surface area (Å²) in [5, 5.41) is 3.33. The minimum Gasteiger partial charge on any atom is -0.383 e. The number of nitrogens with one attached hydrogen (secondary N) is 1. The lowest BCUT2D eigenvalue weighted by atomic mass is 10.3. The van der Waals surface area contributed by atoms with Gasteiger partial charge in [0.1, 0.15) is 0 Å². The molecule has 1 fully saturated rings. The minimum atomic E-state index is 0.156. The molecule has 1 unspecified atom stereocenters. The zero-order chi connectivity index (χ0) is 11.3. The summed E-state index contributed by atoms with van der Waals surface area (Å²) in [7, 11) is 3.49. The number of ether oxygens (including phenoxy) is 1. The van der Waals surface area contributed by atoms with Crippen LogP contribution < -0.4 is 5.32 Å².